The third kappa shape index (κ3) is 3.70. The fourth-order valence-electron chi connectivity index (χ4n) is 2.65. The number of aromatic amines is 1. The van der Waals surface area contributed by atoms with E-state index in [9.17, 15) is 4.79 Å². The van der Waals surface area contributed by atoms with Gasteiger partial charge in [0.25, 0.3) is 10.8 Å². The van der Waals surface area contributed by atoms with Crippen LogP contribution in [0.25, 0.3) is 22.4 Å². The van der Waals surface area contributed by atoms with Crippen LogP contribution in [-0.2, 0) is 5.75 Å². The number of H-pyrrole nitrogens is 1. The summed E-state index contributed by atoms with van der Waals surface area (Å²) < 4.78 is 16.2. The van der Waals surface area contributed by atoms with E-state index in [1.165, 1.54) is 11.8 Å². The molecule has 0 saturated heterocycles. The summed E-state index contributed by atoms with van der Waals surface area (Å²) in [5, 5.41) is 9.05. The van der Waals surface area contributed by atoms with Crippen molar-refractivity contribution in [2.75, 3.05) is 14.2 Å². The first-order valence-electron chi connectivity index (χ1n) is 8.34. The van der Waals surface area contributed by atoms with Gasteiger partial charge in [0.1, 0.15) is 17.3 Å². The minimum absolute atomic E-state index is 0.170. The molecule has 0 bridgehead atoms. The molecule has 142 valence electrons. The number of nitrogens with one attached hydrogen (secondary N) is 1. The van der Waals surface area contributed by atoms with Crippen molar-refractivity contribution in [1.29, 1.82) is 0 Å². The number of para-hydroxylation sites is 1. The lowest BCUT2D eigenvalue weighted by Gasteiger charge is -2.05. The molecule has 0 atom stereocenters. The molecule has 0 aliphatic heterocycles. The number of ether oxygens (including phenoxy) is 2. The third-order valence-corrected chi connectivity index (χ3v) is 4.83. The Hall–Kier alpha value is -3.33. The Balaban J connectivity index is 1.54. The summed E-state index contributed by atoms with van der Waals surface area (Å²) in [5.41, 5.74) is 1.17. The third-order valence-electron chi connectivity index (χ3n) is 4.00. The van der Waals surface area contributed by atoms with Crippen LogP contribution in [0, 0.1) is 0 Å². The lowest BCUT2D eigenvalue weighted by Crippen LogP contribution is -2.11. The molecule has 0 aliphatic carbocycles. The normalized spacial score (nSPS) is 10.9. The maximum Gasteiger partial charge on any atom is 0.277 e. The van der Waals surface area contributed by atoms with Crippen molar-refractivity contribution < 1.29 is 13.9 Å². The minimum atomic E-state index is -0.170. The number of nitrogens with zero attached hydrogens (tertiary/aromatic N) is 3. The van der Waals surface area contributed by atoms with E-state index < -0.39 is 0 Å². The molecule has 28 heavy (non-hydrogen) atoms. The van der Waals surface area contributed by atoms with Gasteiger partial charge >= 0.3 is 0 Å². The van der Waals surface area contributed by atoms with Crippen molar-refractivity contribution in [1.82, 2.24) is 20.2 Å². The van der Waals surface area contributed by atoms with Crippen LogP contribution in [0.4, 0.5) is 0 Å². The smallest absolute Gasteiger partial charge is 0.277 e. The monoisotopic (exact) mass is 396 g/mol. The summed E-state index contributed by atoms with van der Waals surface area (Å²) in [6.07, 6.45) is 0. The Morgan fingerprint density at radius 2 is 1.82 bits per heavy atom. The molecule has 0 radical (unpaired) electrons. The second-order valence-electron chi connectivity index (χ2n) is 5.79. The number of fused-ring (bicyclic) bond motifs is 1. The molecule has 2 heterocycles. The Morgan fingerprint density at radius 3 is 2.57 bits per heavy atom. The minimum Gasteiger partial charge on any atom is -0.497 e. The Morgan fingerprint density at radius 1 is 1.07 bits per heavy atom. The number of thioether (sulfide) groups is 1. The zero-order chi connectivity index (χ0) is 19.5. The van der Waals surface area contributed by atoms with E-state index in [1.54, 1.807) is 50.6 Å². The van der Waals surface area contributed by atoms with E-state index in [0.717, 1.165) is 0 Å². The largest absolute Gasteiger partial charge is 0.497 e. The van der Waals surface area contributed by atoms with Crippen LogP contribution in [0.3, 0.4) is 0 Å². The molecule has 4 rings (SSSR count). The highest BCUT2D eigenvalue weighted by Gasteiger charge is 2.13. The van der Waals surface area contributed by atoms with Gasteiger partial charge in [0.15, 0.2) is 0 Å². The Labute approximate surface area is 163 Å². The van der Waals surface area contributed by atoms with Crippen molar-refractivity contribution in [2.24, 2.45) is 0 Å². The van der Waals surface area contributed by atoms with E-state index in [1.807, 2.05) is 6.07 Å². The summed E-state index contributed by atoms with van der Waals surface area (Å²) in [5.74, 6) is 2.53. The molecule has 0 aliphatic rings. The van der Waals surface area contributed by atoms with Crippen molar-refractivity contribution in [3.05, 3.63) is 58.6 Å². The molecule has 0 spiro atoms. The lowest BCUT2D eigenvalue weighted by molar-refractivity contribution is 0.394. The van der Waals surface area contributed by atoms with Crippen molar-refractivity contribution in [3.8, 4) is 23.0 Å². The van der Waals surface area contributed by atoms with Crippen LogP contribution in [-0.4, -0.2) is 34.4 Å². The molecular formula is C19H16N4O4S. The first-order valence-corrected chi connectivity index (χ1v) is 9.32. The SMILES string of the molecule is COc1cc(OC)cc(-c2nnc(SCc3nc4ccccc4c(=O)[nH]3)o2)c1. The van der Waals surface area contributed by atoms with E-state index in [0.29, 0.717) is 50.7 Å². The molecule has 8 nitrogen and oxygen atoms in total. The molecule has 0 saturated carbocycles. The van der Waals surface area contributed by atoms with Gasteiger partial charge in [-0.1, -0.05) is 23.9 Å². The van der Waals surface area contributed by atoms with E-state index in [-0.39, 0.29) is 5.56 Å². The van der Waals surface area contributed by atoms with Crippen LogP contribution in [0.15, 0.2) is 56.9 Å². The van der Waals surface area contributed by atoms with Gasteiger partial charge in [-0.15, -0.1) is 10.2 Å². The highest BCUT2D eigenvalue weighted by atomic mass is 32.2. The molecule has 2 aromatic heterocycles. The molecule has 0 amide bonds. The molecule has 1 N–H and O–H groups in total. The zero-order valence-corrected chi connectivity index (χ0v) is 15.9. The standard InChI is InChI=1S/C19H16N4O4S/c1-25-12-7-11(8-13(9-12)26-2)18-22-23-19(27-18)28-10-16-20-15-6-4-3-5-14(15)17(24)21-16/h3-9H,10H2,1-2H3,(H,20,21,24). The first-order chi connectivity index (χ1) is 13.7. The number of benzene rings is 2. The van der Waals surface area contributed by atoms with E-state index >= 15 is 0 Å². The quantitative estimate of drug-likeness (QED) is 0.495. The molecule has 0 unspecified atom stereocenters. The van der Waals surface area contributed by atoms with Crippen LogP contribution in [0.1, 0.15) is 5.82 Å². The Bertz CT molecular complexity index is 1170. The van der Waals surface area contributed by atoms with Crippen LogP contribution in [0.5, 0.6) is 11.5 Å². The number of hydrogen-bond donors (Lipinski definition) is 1. The van der Waals surface area contributed by atoms with Crippen LogP contribution >= 0.6 is 11.8 Å². The van der Waals surface area contributed by atoms with Gasteiger partial charge in [-0.05, 0) is 24.3 Å². The highest BCUT2D eigenvalue weighted by Crippen LogP contribution is 2.31. The maximum atomic E-state index is 12.1. The predicted octanol–water partition coefficient (Wildman–Crippen LogP) is 3.28. The molecule has 2 aromatic carbocycles. The van der Waals surface area contributed by atoms with Gasteiger partial charge in [-0.25, -0.2) is 4.98 Å². The second-order valence-corrected chi connectivity index (χ2v) is 6.72. The van der Waals surface area contributed by atoms with Gasteiger partial charge in [0.05, 0.1) is 30.9 Å². The van der Waals surface area contributed by atoms with Gasteiger partial charge in [-0.3, -0.25) is 4.79 Å². The number of aromatic nitrogens is 4. The second kappa shape index (κ2) is 7.73. The topological polar surface area (TPSA) is 103 Å². The summed E-state index contributed by atoms with van der Waals surface area (Å²) in [4.78, 5) is 19.4. The van der Waals surface area contributed by atoms with Crippen molar-refractivity contribution in [2.45, 2.75) is 11.0 Å². The average Bonchev–Trinajstić information content (AvgIpc) is 3.21. The van der Waals surface area contributed by atoms with Gasteiger partial charge in [0.2, 0.25) is 5.89 Å². The maximum absolute atomic E-state index is 12.1. The summed E-state index contributed by atoms with van der Waals surface area (Å²) in [6.45, 7) is 0. The zero-order valence-electron chi connectivity index (χ0n) is 15.1. The van der Waals surface area contributed by atoms with E-state index in [2.05, 4.69) is 20.2 Å². The molecular weight excluding hydrogens is 380 g/mol. The number of hydrogen-bond acceptors (Lipinski definition) is 8. The first kappa shape index (κ1) is 18.1. The van der Waals surface area contributed by atoms with Gasteiger partial charge in [-0.2, -0.15) is 0 Å². The van der Waals surface area contributed by atoms with Gasteiger partial charge in [0, 0.05) is 11.6 Å². The van der Waals surface area contributed by atoms with E-state index in [4.69, 9.17) is 13.9 Å². The molecule has 0 fully saturated rings. The average molecular weight is 396 g/mol. The number of methoxy groups -OCH3 is 2. The fraction of sp³-hybridized carbons (Fsp3) is 0.158. The summed E-state index contributed by atoms with van der Waals surface area (Å²) >= 11 is 1.29. The summed E-state index contributed by atoms with van der Waals surface area (Å²) in [6, 6.07) is 12.5. The molecule has 4 aromatic rings. The Kier molecular flexibility index (Phi) is 4.98. The van der Waals surface area contributed by atoms with Crippen molar-refractivity contribution in [3.63, 3.8) is 0 Å². The van der Waals surface area contributed by atoms with Crippen LogP contribution < -0.4 is 15.0 Å². The lowest BCUT2D eigenvalue weighted by atomic mass is 10.2. The van der Waals surface area contributed by atoms with Crippen molar-refractivity contribution >= 4 is 22.7 Å². The van der Waals surface area contributed by atoms with Gasteiger partial charge < -0.3 is 18.9 Å². The molecule has 9 heteroatoms. The van der Waals surface area contributed by atoms with Crippen LogP contribution in [0.2, 0.25) is 0 Å². The summed E-state index contributed by atoms with van der Waals surface area (Å²) in [7, 11) is 3.15. The number of rotatable bonds is 6. The highest BCUT2D eigenvalue weighted by molar-refractivity contribution is 7.98. The predicted molar refractivity (Wildman–Crippen MR) is 105 cm³/mol. The fourth-order valence-corrected chi connectivity index (χ4v) is 3.28.